The van der Waals surface area contributed by atoms with Crippen LogP contribution in [0.25, 0.3) is 0 Å². The minimum Gasteiger partial charge on any atom is -0.457 e. The number of carbonyl (C=O) groups is 2. The van der Waals surface area contributed by atoms with Crippen LogP contribution in [0, 0.1) is 35.5 Å². The van der Waals surface area contributed by atoms with E-state index >= 15 is 0 Å². The van der Waals surface area contributed by atoms with Gasteiger partial charge in [0.25, 0.3) is 0 Å². The third kappa shape index (κ3) is 5.39. The molecule has 1 aliphatic heterocycles. The van der Waals surface area contributed by atoms with Gasteiger partial charge in [-0.15, -0.1) is 0 Å². The molecule has 1 heterocycles. The van der Waals surface area contributed by atoms with Gasteiger partial charge in [-0.25, -0.2) is 0 Å². The fourth-order valence-electron chi connectivity index (χ4n) is 4.01. The number of cyclic esters (lactones) is 1. The molecule has 1 fully saturated rings. The minimum atomic E-state index is -1.09. The van der Waals surface area contributed by atoms with Crippen molar-refractivity contribution in [3.05, 3.63) is 12.7 Å². The predicted molar refractivity (Wildman–Crippen MR) is 103 cm³/mol. The van der Waals surface area contributed by atoms with E-state index in [9.17, 15) is 24.9 Å². The lowest BCUT2D eigenvalue weighted by Crippen LogP contribution is -2.45. The Bertz CT molecular complexity index is 533. The first-order valence-corrected chi connectivity index (χ1v) is 9.84. The molecule has 0 radical (unpaired) electrons. The SMILES string of the molecule is C=C[C@H]1OC(=O)[C@H](C)[C@@H](O)[C@H](C)[C@@H](O)[C@@H](C)C[C@@H](C)C(=O)[C@H](C)[C@@H](O)[C@H]1C. The Morgan fingerprint density at radius 3 is 1.93 bits per heavy atom. The Balaban J connectivity index is 3.24. The quantitative estimate of drug-likeness (QED) is 0.472. The van der Waals surface area contributed by atoms with Gasteiger partial charge in [-0.1, -0.05) is 47.3 Å². The van der Waals surface area contributed by atoms with Crippen LogP contribution in [0.1, 0.15) is 48.0 Å². The highest BCUT2D eigenvalue weighted by Gasteiger charge is 2.39. The molecule has 0 saturated carbocycles. The molecule has 0 aliphatic carbocycles. The lowest BCUT2D eigenvalue weighted by atomic mass is 9.77. The summed E-state index contributed by atoms with van der Waals surface area (Å²) in [6.45, 7) is 13.9. The summed E-state index contributed by atoms with van der Waals surface area (Å²) in [5.41, 5.74) is 0. The second-order valence-corrected chi connectivity index (χ2v) is 8.42. The highest BCUT2D eigenvalue weighted by atomic mass is 16.5. The fourth-order valence-corrected chi connectivity index (χ4v) is 4.01. The van der Waals surface area contributed by atoms with Crippen LogP contribution in [0.4, 0.5) is 0 Å². The summed E-state index contributed by atoms with van der Waals surface area (Å²) < 4.78 is 5.46. The van der Waals surface area contributed by atoms with E-state index in [-0.39, 0.29) is 17.6 Å². The summed E-state index contributed by atoms with van der Waals surface area (Å²) in [5, 5.41) is 31.8. The van der Waals surface area contributed by atoms with Gasteiger partial charge in [0.1, 0.15) is 11.9 Å². The van der Waals surface area contributed by atoms with Crippen molar-refractivity contribution in [3.63, 3.8) is 0 Å². The Labute approximate surface area is 162 Å². The molecule has 0 amide bonds. The number of Topliss-reactive ketones (excluding diaryl/α,β-unsaturated/α-hetero) is 1. The van der Waals surface area contributed by atoms with Crippen LogP contribution in [-0.4, -0.2) is 51.5 Å². The topological polar surface area (TPSA) is 104 Å². The van der Waals surface area contributed by atoms with Crippen molar-refractivity contribution in [2.75, 3.05) is 0 Å². The lowest BCUT2D eigenvalue weighted by Gasteiger charge is -2.35. The second-order valence-electron chi connectivity index (χ2n) is 8.42. The molecule has 156 valence electrons. The first-order valence-electron chi connectivity index (χ1n) is 9.84. The number of ketones is 1. The van der Waals surface area contributed by atoms with Gasteiger partial charge in [0, 0.05) is 23.7 Å². The summed E-state index contributed by atoms with van der Waals surface area (Å²) >= 11 is 0. The predicted octanol–water partition coefficient (Wildman–Crippen LogP) is 1.96. The van der Waals surface area contributed by atoms with Gasteiger partial charge >= 0.3 is 5.97 Å². The van der Waals surface area contributed by atoms with E-state index in [1.165, 1.54) is 6.08 Å². The van der Waals surface area contributed by atoms with Crippen molar-refractivity contribution in [3.8, 4) is 0 Å². The molecule has 0 unspecified atom stereocenters. The van der Waals surface area contributed by atoms with Crippen LogP contribution in [0.5, 0.6) is 0 Å². The molecule has 0 bridgehead atoms. The summed E-state index contributed by atoms with van der Waals surface area (Å²) in [4.78, 5) is 25.2. The average molecular weight is 385 g/mol. The monoisotopic (exact) mass is 384 g/mol. The van der Waals surface area contributed by atoms with Gasteiger partial charge in [-0.2, -0.15) is 0 Å². The van der Waals surface area contributed by atoms with E-state index < -0.39 is 54.1 Å². The summed E-state index contributed by atoms with van der Waals surface area (Å²) in [7, 11) is 0. The highest BCUT2D eigenvalue weighted by Crippen LogP contribution is 2.30. The van der Waals surface area contributed by atoms with E-state index in [0.29, 0.717) is 6.42 Å². The number of esters is 1. The molecule has 0 spiro atoms. The van der Waals surface area contributed by atoms with Gasteiger partial charge in [0.15, 0.2) is 0 Å². The van der Waals surface area contributed by atoms with Gasteiger partial charge in [-0.3, -0.25) is 9.59 Å². The first kappa shape index (κ1) is 23.8. The number of hydrogen-bond donors (Lipinski definition) is 3. The second kappa shape index (κ2) is 9.80. The molecule has 0 aromatic heterocycles. The number of hydrogen-bond acceptors (Lipinski definition) is 6. The molecule has 6 heteroatoms. The van der Waals surface area contributed by atoms with Crippen molar-refractivity contribution in [1.29, 1.82) is 0 Å². The molecule has 0 aromatic carbocycles. The molecule has 1 saturated heterocycles. The maximum Gasteiger partial charge on any atom is 0.311 e. The van der Waals surface area contributed by atoms with Crippen LogP contribution < -0.4 is 0 Å². The van der Waals surface area contributed by atoms with E-state index in [1.54, 1.807) is 34.6 Å². The zero-order chi connectivity index (χ0) is 21.0. The van der Waals surface area contributed by atoms with Crippen LogP contribution in [-0.2, 0) is 14.3 Å². The Hall–Kier alpha value is -1.24. The van der Waals surface area contributed by atoms with Crippen molar-refractivity contribution >= 4 is 11.8 Å². The zero-order valence-corrected chi connectivity index (χ0v) is 17.3. The van der Waals surface area contributed by atoms with Gasteiger partial charge in [0.05, 0.1) is 24.2 Å². The maximum absolute atomic E-state index is 12.8. The molecule has 27 heavy (non-hydrogen) atoms. The van der Waals surface area contributed by atoms with E-state index in [0.717, 1.165) is 0 Å². The standard InChI is InChI=1S/C21H36O6/c1-8-16-12(4)19(24)13(5)17(22)10(2)9-11(3)18(23)14(6)20(25)15(7)21(26)27-16/h8,10-16,18-20,23-25H,1,9H2,2-7H3/t10-,11+,12+,13+,14-,15-,16-,18+,19+,20+/m1/s1. The van der Waals surface area contributed by atoms with Crippen molar-refractivity contribution in [2.24, 2.45) is 35.5 Å². The molecule has 1 rings (SSSR count). The lowest BCUT2D eigenvalue weighted by molar-refractivity contribution is -0.162. The Kier molecular flexibility index (Phi) is 8.64. The van der Waals surface area contributed by atoms with Gasteiger partial charge < -0.3 is 20.1 Å². The molecule has 1 aliphatic rings. The molecule has 0 aromatic rings. The highest BCUT2D eigenvalue weighted by molar-refractivity contribution is 5.83. The van der Waals surface area contributed by atoms with E-state index in [1.807, 2.05) is 6.92 Å². The summed E-state index contributed by atoms with van der Waals surface area (Å²) in [6, 6.07) is 0. The minimum absolute atomic E-state index is 0.0961. The number of rotatable bonds is 1. The number of ether oxygens (including phenoxy) is 1. The third-order valence-corrected chi connectivity index (χ3v) is 6.26. The average Bonchev–Trinajstić information content (AvgIpc) is 2.66. The maximum atomic E-state index is 12.8. The number of aliphatic hydroxyl groups excluding tert-OH is 3. The fraction of sp³-hybridized carbons (Fsp3) is 0.810. The Morgan fingerprint density at radius 2 is 1.41 bits per heavy atom. The summed E-state index contributed by atoms with van der Waals surface area (Å²) in [5.74, 6) is -3.87. The first-order chi connectivity index (χ1) is 12.4. The van der Waals surface area contributed by atoms with E-state index in [4.69, 9.17) is 4.74 Å². The van der Waals surface area contributed by atoms with Crippen molar-refractivity contribution in [1.82, 2.24) is 0 Å². The summed E-state index contributed by atoms with van der Waals surface area (Å²) in [6.07, 6.45) is -1.88. The largest absolute Gasteiger partial charge is 0.457 e. The third-order valence-electron chi connectivity index (χ3n) is 6.26. The molecule has 3 N–H and O–H groups in total. The van der Waals surface area contributed by atoms with Crippen LogP contribution in [0.15, 0.2) is 12.7 Å². The number of carbonyl (C=O) groups excluding carboxylic acids is 2. The molecular weight excluding hydrogens is 348 g/mol. The molecular formula is C21H36O6. The molecule has 10 atom stereocenters. The Morgan fingerprint density at radius 1 is 0.889 bits per heavy atom. The smallest absolute Gasteiger partial charge is 0.311 e. The molecule has 6 nitrogen and oxygen atoms in total. The van der Waals surface area contributed by atoms with Crippen molar-refractivity contribution in [2.45, 2.75) is 72.4 Å². The van der Waals surface area contributed by atoms with E-state index in [2.05, 4.69) is 6.58 Å². The number of aliphatic hydroxyl groups is 3. The van der Waals surface area contributed by atoms with Crippen LogP contribution >= 0.6 is 0 Å². The zero-order valence-electron chi connectivity index (χ0n) is 17.3. The van der Waals surface area contributed by atoms with Gasteiger partial charge in [-0.05, 0) is 19.3 Å². The van der Waals surface area contributed by atoms with Crippen LogP contribution in [0.3, 0.4) is 0 Å². The van der Waals surface area contributed by atoms with Gasteiger partial charge in [0.2, 0.25) is 0 Å². The van der Waals surface area contributed by atoms with Crippen molar-refractivity contribution < 1.29 is 29.6 Å². The van der Waals surface area contributed by atoms with Crippen LogP contribution in [0.2, 0.25) is 0 Å². The normalized spacial score (nSPS) is 45.7.